The third kappa shape index (κ3) is 4.62. The van der Waals surface area contributed by atoms with Gasteiger partial charge in [-0.25, -0.2) is 0 Å². The first-order valence-electron chi connectivity index (χ1n) is 16.8. The summed E-state index contributed by atoms with van der Waals surface area (Å²) in [7, 11) is 0. The lowest BCUT2D eigenvalue weighted by Gasteiger charge is -2.27. The molecule has 0 saturated carbocycles. The Morgan fingerprint density at radius 3 is 1.27 bits per heavy atom. The van der Waals surface area contributed by atoms with Gasteiger partial charge in [0.05, 0.1) is 0 Å². The van der Waals surface area contributed by atoms with Crippen molar-refractivity contribution < 1.29 is 9.59 Å². The molecule has 0 atom stereocenters. The Morgan fingerprint density at radius 1 is 0.375 bits per heavy atom. The van der Waals surface area contributed by atoms with Crippen LogP contribution in [0.25, 0.3) is 54.6 Å². The molecule has 8 rings (SSSR count). The first kappa shape index (κ1) is 30.0. The van der Waals surface area contributed by atoms with Crippen molar-refractivity contribution in [3.8, 4) is 22.3 Å². The van der Waals surface area contributed by atoms with Crippen molar-refractivity contribution in [1.82, 2.24) is 0 Å². The average molecular weight is 623 g/mol. The molecular weight excluding hydrogens is 585 g/mol. The zero-order valence-electron chi connectivity index (χ0n) is 28.4. The van der Waals surface area contributed by atoms with E-state index < -0.39 is 0 Å². The average Bonchev–Trinajstić information content (AvgIpc) is 3.08. The molecule has 0 bridgehead atoms. The molecule has 0 aliphatic heterocycles. The summed E-state index contributed by atoms with van der Waals surface area (Å²) in [5.74, 6) is -0.217. The van der Waals surface area contributed by atoms with Gasteiger partial charge in [-0.05, 0) is 77.5 Å². The fourth-order valence-corrected chi connectivity index (χ4v) is 7.47. The lowest BCUT2D eigenvalue weighted by molar-refractivity contribution is 0.0980. The van der Waals surface area contributed by atoms with E-state index in [0.717, 1.165) is 54.6 Å². The van der Waals surface area contributed by atoms with Gasteiger partial charge in [0, 0.05) is 33.4 Å². The predicted octanol–water partition coefficient (Wildman–Crippen LogP) is 11.9. The SMILES string of the molecule is CC(C)(C)c1ccc(-c2c3c(c(-c4ccc(C(C)(C)C)cc4)c4ccccc24)C(=O)c2cc4c(ccc5ccccc54)cc2C3=O)cc1. The number of ketones is 2. The highest BCUT2D eigenvalue weighted by Gasteiger charge is 2.37. The maximum Gasteiger partial charge on any atom is 0.195 e. The van der Waals surface area contributed by atoms with E-state index in [0.29, 0.717) is 22.3 Å². The first-order valence-corrected chi connectivity index (χ1v) is 16.8. The van der Waals surface area contributed by atoms with Crippen molar-refractivity contribution in [1.29, 1.82) is 0 Å². The molecule has 7 aromatic rings. The van der Waals surface area contributed by atoms with E-state index in [9.17, 15) is 0 Å². The van der Waals surface area contributed by atoms with E-state index >= 15 is 9.59 Å². The van der Waals surface area contributed by atoms with Gasteiger partial charge in [0.25, 0.3) is 0 Å². The van der Waals surface area contributed by atoms with Gasteiger partial charge in [-0.15, -0.1) is 0 Å². The van der Waals surface area contributed by atoms with E-state index in [2.05, 4.69) is 126 Å². The van der Waals surface area contributed by atoms with Crippen LogP contribution in [-0.4, -0.2) is 11.6 Å². The van der Waals surface area contributed by atoms with E-state index in [-0.39, 0.29) is 22.4 Å². The second kappa shape index (κ2) is 10.6. The largest absolute Gasteiger partial charge is 0.289 e. The van der Waals surface area contributed by atoms with Crippen molar-refractivity contribution in [3.05, 3.63) is 155 Å². The van der Waals surface area contributed by atoms with Crippen LogP contribution in [0.1, 0.15) is 84.5 Å². The molecule has 0 unspecified atom stereocenters. The summed E-state index contributed by atoms with van der Waals surface area (Å²) in [5, 5.41) is 6.03. The molecule has 0 heterocycles. The fraction of sp³-hybridized carbons (Fsp3) is 0.174. The molecule has 234 valence electrons. The van der Waals surface area contributed by atoms with Crippen LogP contribution in [0.15, 0.2) is 121 Å². The highest BCUT2D eigenvalue weighted by Crippen LogP contribution is 2.47. The maximum atomic E-state index is 15.1. The Labute approximate surface area is 282 Å². The second-order valence-corrected chi connectivity index (χ2v) is 15.3. The van der Waals surface area contributed by atoms with E-state index in [1.807, 2.05) is 36.4 Å². The van der Waals surface area contributed by atoms with Gasteiger partial charge in [0.15, 0.2) is 11.6 Å². The number of carbonyl (C=O) groups excluding carboxylic acids is 2. The molecule has 1 aliphatic carbocycles. The molecule has 0 amide bonds. The van der Waals surface area contributed by atoms with Crippen LogP contribution in [0.2, 0.25) is 0 Å². The normalized spacial score (nSPS) is 13.3. The van der Waals surface area contributed by atoms with Crippen molar-refractivity contribution in [2.24, 2.45) is 0 Å². The van der Waals surface area contributed by atoms with Crippen LogP contribution >= 0.6 is 0 Å². The van der Waals surface area contributed by atoms with Crippen molar-refractivity contribution in [2.75, 3.05) is 0 Å². The zero-order valence-corrected chi connectivity index (χ0v) is 28.4. The molecule has 0 saturated heterocycles. The summed E-state index contributed by atoms with van der Waals surface area (Å²) in [4.78, 5) is 30.2. The Morgan fingerprint density at radius 2 is 0.792 bits per heavy atom. The van der Waals surface area contributed by atoms with Gasteiger partial charge in [0.2, 0.25) is 0 Å². The van der Waals surface area contributed by atoms with Gasteiger partial charge < -0.3 is 0 Å². The van der Waals surface area contributed by atoms with Crippen LogP contribution in [0.4, 0.5) is 0 Å². The molecule has 48 heavy (non-hydrogen) atoms. The van der Waals surface area contributed by atoms with Crippen LogP contribution in [0.3, 0.4) is 0 Å². The molecule has 0 aromatic heterocycles. The molecule has 7 aromatic carbocycles. The summed E-state index contributed by atoms with van der Waals surface area (Å²) < 4.78 is 0. The van der Waals surface area contributed by atoms with Gasteiger partial charge >= 0.3 is 0 Å². The molecular formula is C46H38O2. The Kier molecular flexibility index (Phi) is 6.62. The third-order valence-electron chi connectivity index (χ3n) is 10.1. The summed E-state index contributed by atoms with van der Waals surface area (Å²) >= 11 is 0. The molecule has 2 nitrogen and oxygen atoms in total. The highest BCUT2D eigenvalue weighted by atomic mass is 16.1. The minimum atomic E-state index is -0.109. The monoisotopic (exact) mass is 622 g/mol. The van der Waals surface area contributed by atoms with E-state index in [4.69, 9.17) is 0 Å². The lowest BCUT2D eigenvalue weighted by Crippen LogP contribution is -2.23. The van der Waals surface area contributed by atoms with Crippen LogP contribution in [0.5, 0.6) is 0 Å². The van der Waals surface area contributed by atoms with Crippen LogP contribution < -0.4 is 0 Å². The fourth-order valence-electron chi connectivity index (χ4n) is 7.47. The highest BCUT2D eigenvalue weighted by molar-refractivity contribution is 6.36. The Balaban J connectivity index is 1.48. The number of hydrogen-bond acceptors (Lipinski definition) is 2. The Hall–Kier alpha value is -5.34. The topological polar surface area (TPSA) is 34.1 Å². The standard InChI is InChI=1S/C46H38O2/c1-45(2,3)31-21-17-28(18-22-31)39-34-13-9-10-14-35(34)40(29-19-23-32(24-20-29)46(4,5)6)42-41(39)43(47)37-25-30-16-15-27-11-7-8-12-33(27)36(30)26-38(37)44(42)48/h7-26H,1-6H3. The molecule has 1 aliphatic rings. The smallest absolute Gasteiger partial charge is 0.195 e. The first-order chi connectivity index (χ1) is 22.9. The minimum Gasteiger partial charge on any atom is -0.289 e. The van der Waals surface area contributed by atoms with Crippen LogP contribution in [-0.2, 0) is 10.8 Å². The van der Waals surface area contributed by atoms with E-state index in [1.165, 1.54) is 11.1 Å². The van der Waals surface area contributed by atoms with Gasteiger partial charge in [-0.2, -0.15) is 0 Å². The minimum absolute atomic E-state index is 0.0148. The maximum absolute atomic E-state index is 15.1. The number of rotatable bonds is 2. The van der Waals surface area contributed by atoms with Gasteiger partial charge in [-0.1, -0.05) is 151 Å². The van der Waals surface area contributed by atoms with Gasteiger partial charge in [-0.3, -0.25) is 9.59 Å². The third-order valence-corrected chi connectivity index (χ3v) is 10.1. The lowest BCUT2D eigenvalue weighted by atomic mass is 9.73. The van der Waals surface area contributed by atoms with Crippen LogP contribution in [0, 0.1) is 0 Å². The van der Waals surface area contributed by atoms with Gasteiger partial charge in [0.1, 0.15) is 0 Å². The molecule has 0 N–H and O–H groups in total. The summed E-state index contributed by atoms with van der Waals surface area (Å²) in [6, 6.07) is 41.5. The molecule has 0 radical (unpaired) electrons. The Bertz CT molecular complexity index is 2460. The molecule has 0 fully saturated rings. The second-order valence-electron chi connectivity index (χ2n) is 15.3. The quantitative estimate of drug-likeness (QED) is 0.180. The summed E-state index contributed by atoms with van der Waals surface area (Å²) in [6.45, 7) is 13.2. The number of carbonyl (C=O) groups is 2. The molecule has 2 heteroatoms. The number of benzene rings is 7. The number of fused-ring (bicyclic) bond motifs is 6. The zero-order chi connectivity index (χ0) is 33.5. The van der Waals surface area contributed by atoms with Crippen molar-refractivity contribution >= 4 is 43.9 Å². The van der Waals surface area contributed by atoms with Crippen molar-refractivity contribution in [3.63, 3.8) is 0 Å². The predicted molar refractivity (Wildman–Crippen MR) is 201 cm³/mol. The summed E-state index contributed by atoms with van der Waals surface area (Å²) in [6.07, 6.45) is 0. The van der Waals surface area contributed by atoms with E-state index in [1.54, 1.807) is 0 Å². The molecule has 0 spiro atoms. The summed E-state index contributed by atoms with van der Waals surface area (Å²) in [5.41, 5.74) is 7.81. The number of hydrogen-bond donors (Lipinski definition) is 0. The van der Waals surface area contributed by atoms with Crippen molar-refractivity contribution in [2.45, 2.75) is 52.4 Å².